The van der Waals surface area contributed by atoms with Gasteiger partial charge >= 0.3 is 5.97 Å². The minimum Gasteiger partial charge on any atom is -0.504 e. The van der Waals surface area contributed by atoms with E-state index in [0.29, 0.717) is 24.5 Å². The van der Waals surface area contributed by atoms with E-state index >= 15 is 0 Å². The lowest BCUT2D eigenvalue weighted by molar-refractivity contribution is -0.231. The maximum absolute atomic E-state index is 11.1. The molecule has 2 fully saturated rings. The number of aromatic hydroxyl groups is 1. The molecule has 2 saturated heterocycles. The lowest BCUT2D eigenvalue weighted by Crippen LogP contribution is -2.61. The number of hydrogen-bond donors (Lipinski definition) is 2. The third kappa shape index (κ3) is 3.74. The van der Waals surface area contributed by atoms with E-state index in [1.165, 1.54) is 0 Å². The summed E-state index contributed by atoms with van der Waals surface area (Å²) in [5.74, 6) is -0.166. The average molecular weight is 440 g/mol. The van der Waals surface area contributed by atoms with Crippen LogP contribution in [0.5, 0.6) is 11.5 Å². The Morgan fingerprint density at radius 3 is 2.72 bits per heavy atom. The first-order chi connectivity index (χ1) is 15.3. The smallest absolute Gasteiger partial charge is 0.335 e. The molecular weight excluding hydrogens is 410 g/mol. The highest BCUT2D eigenvalue weighted by molar-refractivity contribution is 5.87. The molecule has 2 N–H and O–H groups in total. The number of carboxylic acids is 1. The summed E-state index contributed by atoms with van der Waals surface area (Å²) in [7, 11) is 0. The van der Waals surface area contributed by atoms with Crippen molar-refractivity contribution in [3.05, 3.63) is 59.2 Å². The zero-order chi connectivity index (χ0) is 22.5. The van der Waals surface area contributed by atoms with Gasteiger partial charge in [0.15, 0.2) is 11.5 Å². The number of carbonyl (C=O) groups is 1. The summed E-state index contributed by atoms with van der Waals surface area (Å²) in [4.78, 5) is 13.4. The topological polar surface area (TPSA) is 88.5 Å². The summed E-state index contributed by atoms with van der Waals surface area (Å²) in [5, 5.41) is 19.4. The molecule has 0 aliphatic carbocycles. The first-order valence-corrected chi connectivity index (χ1v) is 11.1. The summed E-state index contributed by atoms with van der Waals surface area (Å²) in [6, 6.07) is 12.5. The van der Waals surface area contributed by atoms with Crippen LogP contribution in [0.4, 0.5) is 0 Å². The fourth-order valence-electron chi connectivity index (χ4n) is 5.34. The Labute approximate surface area is 187 Å². The number of morpholine rings is 1. The van der Waals surface area contributed by atoms with Gasteiger partial charge in [0.05, 0.1) is 24.9 Å². The van der Waals surface area contributed by atoms with Gasteiger partial charge in [0.1, 0.15) is 11.2 Å². The number of aromatic carboxylic acids is 1. The van der Waals surface area contributed by atoms with E-state index in [4.69, 9.17) is 19.3 Å². The summed E-state index contributed by atoms with van der Waals surface area (Å²) < 4.78 is 19.0. The quantitative estimate of drug-likeness (QED) is 0.755. The predicted molar refractivity (Wildman–Crippen MR) is 117 cm³/mol. The third-order valence-corrected chi connectivity index (χ3v) is 7.01. The largest absolute Gasteiger partial charge is 0.504 e. The molecule has 170 valence electrons. The Hall–Kier alpha value is -2.61. The first kappa shape index (κ1) is 21.2. The van der Waals surface area contributed by atoms with E-state index in [-0.39, 0.29) is 17.8 Å². The Kier molecular flexibility index (Phi) is 5.15. The van der Waals surface area contributed by atoms with Crippen molar-refractivity contribution in [1.82, 2.24) is 4.90 Å². The van der Waals surface area contributed by atoms with Crippen molar-refractivity contribution >= 4 is 5.97 Å². The highest BCUT2D eigenvalue weighted by Gasteiger charge is 2.54. The zero-order valence-electron chi connectivity index (χ0n) is 18.4. The van der Waals surface area contributed by atoms with Crippen LogP contribution in [0.15, 0.2) is 42.5 Å². The van der Waals surface area contributed by atoms with E-state index in [2.05, 4.69) is 4.90 Å². The van der Waals surface area contributed by atoms with Crippen LogP contribution in [-0.4, -0.2) is 58.6 Å². The monoisotopic (exact) mass is 439 g/mol. The van der Waals surface area contributed by atoms with E-state index in [9.17, 15) is 9.90 Å². The molecule has 0 unspecified atom stereocenters. The van der Waals surface area contributed by atoms with Gasteiger partial charge in [-0.3, -0.25) is 4.90 Å². The van der Waals surface area contributed by atoms with Gasteiger partial charge in [-0.15, -0.1) is 0 Å². The average Bonchev–Trinajstić information content (AvgIpc) is 2.75. The summed E-state index contributed by atoms with van der Waals surface area (Å²) in [5.41, 5.74) is 1.34. The standard InChI is InChI=1S/C25H29NO6/c1-24(2)19-12-25(15-30-21(19)18-4-3-5-20(27)22(18)32-24)14-26(10-11-31-25)13-16-6-8-17(9-7-16)23(28)29/h3-9,19,21,27H,10-15H2,1-2H3,(H,28,29)/t19-,21+,25+/m0/s1. The minimum atomic E-state index is -0.914. The molecule has 5 rings (SSSR count). The molecule has 0 bridgehead atoms. The lowest BCUT2D eigenvalue weighted by Gasteiger charge is -2.54. The number of nitrogens with zero attached hydrogens (tertiary/aromatic N) is 1. The second-order valence-corrected chi connectivity index (χ2v) is 9.69. The summed E-state index contributed by atoms with van der Waals surface area (Å²) >= 11 is 0. The molecule has 7 heteroatoms. The normalized spacial score (nSPS) is 29.1. The van der Waals surface area contributed by atoms with E-state index in [1.807, 2.05) is 38.1 Å². The maximum atomic E-state index is 11.1. The molecule has 3 atom stereocenters. The Morgan fingerprint density at radius 1 is 1.19 bits per heavy atom. The van der Waals surface area contributed by atoms with Crippen LogP contribution in [0.2, 0.25) is 0 Å². The summed E-state index contributed by atoms with van der Waals surface area (Å²) in [6.45, 7) is 7.48. The van der Waals surface area contributed by atoms with Crippen LogP contribution < -0.4 is 4.74 Å². The number of carboxylic acid groups (broad SMARTS) is 1. The Balaban J connectivity index is 1.34. The number of ether oxygens (including phenoxy) is 3. The van der Waals surface area contributed by atoms with E-state index < -0.39 is 17.2 Å². The molecule has 32 heavy (non-hydrogen) atoms. The Bertz CT molecular complexity index is 1020. The zero-order valence-corrected chi connectivity index (χ0v) is 18.4. The van der Waals surface area contributed by atoms with Crippen molar-refractivity contribution in [3.63, 3.8) is 0 Å². The molecule has 1 spiro atoms. The maximum Gasteiger partial charge on any atom is 0.335 e. The van der Waals surface area contributed by atoms with E-state index in [1.54, 1.807) is 18.2 Å². The van der Waals surface area contributed by atoms with Crippen LogP contribution in [0.1, 0.15) is 47.9 Å². The molecule has 0 radical (unpaired) electrons. The molecule has 0 aromatic heterocycles. The highest BCUT2D eigenvalue weighted by atomic mass is 16.6. The first-order valence-electron chi connectivity index (χ1n) is 11.1. The van der Waals surface area contributed by atoms with Crippen LogP contribution >= 0.6 is 0 Å². The number of benzene rings is 2. The van der Waals surface area contributed by atoms with E-state index in [0.717, 1.165) is 37.2 Å². The van der Waals surface area contributed by atoms with Gasteiger partial charge in [-0.05, 0) is 44.0 Å². The molecule has 3 heterocycles. The van der Waals surface area contributed by atoms with Crippen LogP contribution in [0.3, 0.4) is 0 Å². The van der Waals surface area contributed by atoms with Crippen LogP contribution in [-0.2, 0) is 16.0 Å². The second-order valence-electron chi connectivity index (χ2n) is 9.69. The predicted octanol–water partition coefficient (Wildman–Crippen LogP) is 3.61. The number of phenols is 1. The summed E-state index contributed by atoms with van der Waals surface area (Å²) in [6.07, 6.45) is 0.655. The second kappa shape index (κ2) is 7.76. The van der Waals surface area contributed by atoms with Crippen molar-refractivity contribution in [3.8, 4) is 11.5 Å². The molecule has 2 aromatic rings. The van der Waals surface area contributed by atoms with Gasteiger partial charge < -0.3 is 24.4 Å². The van der Waals surface area contributed by atoms with Gasteiger partial charge in [-0.2, -0.15) is 0 Å². The van der Waals surface area contributed by atoms with Crippen molar-refractivity contribution < 1.29 is 29.2 Å². The number of fused-ring (bicyclic) bond motifs is 3. The lowest BCUT2D eigenvalue weighted by atomic mass is 9.71. The molecule has 0 saturated carbocycles. The fourth-order valence-corrected chi connectivity index (χ4v) is 5.34. The number of para-hydroxylation sites is 1. The number of rotatable bonds is 3. The van der Waals surface area contributed by atoms with Crippen molar-refractivity contribution in [2.45, 2.75) is 44.1 Å². The molecule has 2 aromatic carbocycles. The van der Waals surface area contributed by atoms with Gasteiger partial charge in [-0.25, -0.2) is 4.79 Å². The van der Waals surface area contributed by atoms with Crippen molar-refractivity contribution in [2.24, 2.45) is 5.92 Å². The third-order valence-electron chi connectivity index (χ3n) is 7.01. The molecular formula is C25H29NO6. The molecule has 0 amide bonds. The minimum absolute atomic E-state index is 0.0837. The van der Waals surface area contributed by atoms with Crippen molar-refractivity contribution in [2.75, 3.05) is 26.3 Å². The number of phenolic OH excluding ortho intramolecular Hbond substituents is 1. The highest BCUT2D eigenvalue weighted by Crippen LogP contribution is 2.54. The van der Waals surface area contributed by atoms with Crippen LogP contribution in [0, 0.1) is 5.92 Å². The van der Waals surface area contributed by atoms with Gasteiger partial charge in [0.25, 0.3) is 0 Å². The van der Waals surface area contributed by atoms with Crippen LogP contribution in [0.25, 0.3) is 0 Å². The van der Waals surface area contributed by atoms with Crippen molar-refractivity contribution in [1.29, 1.82) is 0 Å². The molecule has 7 nitrogen and oxygen atoms in total. The van der Waals surface area contributed by atoms with Gasteiger partial charge in [-0.1, -0.05) is 24.3 Å². The molecule has 3 aliphatic rings. The van der Waals surface area contributed by atoms with Gasteiger partial charge in [0.2, 0.25) is 0 Å². The molecule has 3 aliphatic heterocycles. The SMILES string of the molecule is CC1(C)Oc2c(O)cccc2[C@H]2OC[C@@]3(C[C@@H]21)CN(Cc1ccc(C(=O)O)cc1)CCO3. The van der Waals surface area contributed by atoms with Gasteiger partial charge in [0, 0.05) is 31.1 Å². The number of hydrogen-bond acceptors (Lipinski definition) is 6. The Morgan fingerprint density at radius 2 is 1.97 bits per heavy atom. The fraction of sp³-hybridized carbons (Fsp3) is 0.480.